The second kappa shape index (κ2) is 8.29. The third kappa shape index (κ3) is 4.43. The van der Waals surface area contributed by atoms with E-state index >= 15 is 0 Å². The van der Waals surface area contributed by atoms with Gasteiger partial charge in [0.25, 0.3) is 0 Å². The van der Waals surface area contributed by atoms with Gasteiger partial charge < -0.3 is 24.1 Å². The average molecular weight is 324 g/mol. The Labute approximate surface area is 136 Å². The number of carboxylic acid groups (broad SMARTS) is 1. The van der Waals surface area contributed by atoms with Gasteiger partial charge in [0, 0.05) is 6.61 Å². The van der Waals surface area contributed by atoms with E-state index in [0.717, 1.165) is 11.3 Å². The quantitative estimate of drug-likeness (QED) is 0.497. The van der Waals surface area contributed by atoms with Crippen molar-refractivity contribution in [3.63, 3.8) is 0 Å². The topological polar surface area (TPSA) is 77.5 Å². The Morgan fingerprint density at radius 3 is 2.35 bits per heavy atom. The van der Waals surface area contributed by atoms with E-state index in [2.05, 4.69) is 0 Å². The Balaban J connectivity index is 1.72. The number of carboxylic acids is 1. The van der Waals surface area contributed by atoms with Crippen molar-refractivity contribution in [1.29, 1.82) is 0 Å². The summed E-state index contributed by atoms with van der Waals surface area (Å²) in [6.07, 6.45) is 0.0746. The average Bonchev–Trinajstić information content (AvgIpc) is 3.31. The summed E-state index contributed by atoms with van der Waals surface area (Å²) in [5, 5.41) is 9.24. The van der Waals surface area contributed by atoms with Crippen LogP contribution in [0.2, 0.25) is 0 Å². The molecule has 6 heteroatoms. The maximum atomic E-state index is 11.3. The molecule has 2 unspecified atom stereocenters. The fourth-order valence-electron chi connectivity index (χ4n) is 2.42. The molecule has 0 radical (unpaired) electrons. The summed E-state index contributed by atoms with van der Waals surface area (Å²) in [5.41, 5.74) is -0.203. The van der Waals surface area contributed by atoms with Gasteiger partial charge in [0.2, 0.25) is 0 Å². The number of rotatable bonds is 11. The number of benzene rings is 1. The molecule has 0 saturated carbocycles. The van der Waals surface area contributed by atoms with Gasteiger partial charge in [-0.1, -0.05) is 19.1 Å². The molecule has 1 aliphatic rings. The van der Waals surface area contributed by atoms with Gasteiger partial charge in [0.05, 0.1) is 19.8 Å². The standard InChI is InChI=1S/C17H24O6/c1-3-17(16(18)19)15(23-17)13-5-7-14(8-6-13)22-12-11-21-10-9-20-4-2/h5-8,15H,3-4,9-12H2,1-2H3,(H,18,19). The first-order valence-electron chi connectivity index (χ1n) is 7.93. The fraction of sp³-hybridized carbons (Fsp3) is 0.588. The Morgan fingerprint density at radius 1 is 1.13 bits per heavy atom. The van der Waals surface area contributed by atoms with Gasteiger partial charge in [-0.15, -0.1) is 0 Å². The third-order valence-corrected chi connectivity index (χ3v) is 3.84. The van der Waals surface area contributed by atoms with Crippen LogP contribution in [-0.2, 0) is 19.0 Å². The van der Waals surface area contributed by atoms with Crippen molar-refractivity contribution in [3.05, 3.63) is 29.8 Å². The predicted octanol–water partition coefficient (Wildman–Crippen LogP) is 2.42. The summed E-state index contributed by atoms with van der Waals surface area (Å²) < 4.78 is 21.5. The van der Waals surface area contributed by atoms with Crippen LogP contribution in [0.15, 0.2) is 24.3 Å². The molecule has 1 N–H and O–H groups in total. The van der Waals surface area contributed by atoms with Crippen LogP contribution in [0.4, 0.5) is 0 Å². The molecule has 1 fully saturated rings. The maximum Gasteiger partial charge on any atom is 0.339 e. The number of ether oxygens (including phenoxy) is 4. The van der Waals surface area contributed by atoms with Crippen molar-refractivity contribution in [2.24, 2.45) is 0 Å². The normalized spacial score (nSPS) is 22.8. The van der Waals surface area contributed by atoms with E-state index in [1.165, 1.54) is 0 Å². The summed E-state index contributed by atoms with van der Waals surface area (Å²) in [4.78, 5) is 11.3. The largest absolute Gasteiger partial charge is 0.491 e. The van der Waals surface area contributed by atoms with Gasteiger partial charge >= 0.3 is 5.97 Å². The van der Waals surface area contributed by atoms with Crippen LogP contribution in [0.1, 0.15) is 31.9 Å². The van der Waals surface area contributed by atoms with Crippen LogP contribution in [-0.4, -0.2) is 49.7 Å². The highest BCUT2D eigenvalue weighted by atomic mass is 16.6. The van der Waals surface area contributed by atoms with Crippen molar-refractivity contribution >= 4 is 5.97 Å². The summed E-state index contributed by atoms with van der Waals surface area (Å²) >= 11 is 0. The molecule has 6 nitrogen and oxygen atoms in total. The third-order valence-electron chi connectivity index (χ3n) is 3.84. The number of hydrogen-bond acceptors (Lipinski definition) is 5. The minimum Gasteiger partial charge on any atom is -0.491 e. The molecule has 2 atom stereocenters. The molecule has 0 aliphatic carbocycles. The van der Waals surface area contributed by atoms with Crippen molar-refractivity contribution < 1.29 is 28.8 Å². The van der Waals surface area contributed by atoms with E-state index in [1.807, 2.05) is 38.1 Å². The second-order valence-corrected chi connectivity index (χ2v) is 5.27. The van der Waals surface area contributed by atoms with Crippen LogP contribution < -0.4 is 4.74 Å². The molecule has 0 bridgehead atoms. The number of carbonyl (C=O) groups is 1. The first-order valence-corrected chi connectivity index (χ1v) is 7.93. The summed E-state index contributed by atoms with van der Waals surface area (Å²) in [7, 11) is 0. The molecule has 1 aromatic rings. The lowest BCUT2D eigenvalue weighted by atomic mass is 9.97. The monoisotopic (exact) mass is 324 g/mol. The molecule has 1 aliphatic heterocycles. The zero-order chi connectivity index (χ0) is 16.7. The zero-order valence-corrected chi connectivity index (χ0v) is 13.6. The highest BCUT2D eigenvalue weighted by Crippen LogP contribution is 2.52. The Hall–Kier alpha value is -1.63. The molecule has 128 valence electrons. The van der Waals surface area contributed by atoms with Gasteiger partial charge in [-0.05, 0) is 31.0 Å². The molecule has 0 amide bonds. The van der Waals surface area contributed by atoms with Gasteiger partial charge in [0.1, 0.15) is 18.5 Å². The Morgan fingerprint density at radius 2 is 1.78 bits per heavy atom. The summed E-state index contributed by atoms with van der Waals surface area (Å²) in [6, 6.07) is 7.32. The van der Waals surface area contributed by atoms with Crippen LogP contribution in [0, 0.1) is 0 Å². The molecule has 0 spiro atoms. The van der Waals surface area contributed by atoms with E-state index in [9.17, 15) is 9.90 Å². The van der Waals surface area contributed by atoms with Crippen molar-refractivity contribution in [2.75, 3.05) is 33.0 Å². The maximum absolute atomic E-state index is 11.3. The lowest BCUT2D eigenvalue weighted by Crippen LogP contribution is -2.23. The highest BCUT2D eigenvalue weighted by molar-refractivity contribution is 5.81. The fourth-order valence-corrected chi connectivity index (χ4v) is 2.42. The summed E-state index contributed by atoms with van der Waals surface area (Å²) in [6.45, 7) is 6.56. The van der Waals surface area contributed by atoms with Crippen LogP contribution in [0.25, 0.3) is 0 Å². The van der Waals surface area contributed by atoms with Gasteiger partial charge in [-0.25, -0.2) is 4.79 Å². The van der Waals surface area contributed by atoms with Crippen LogP contribution in [0.5, 0.6) is 5.75 Å². The van der Waals surface area contributed by atoms with E-state index in [4.69, 9.17) is 18.9 Å². The van der Waals surface area contributed by atoms with E-state index < -0.39 is 11.6 Å². The van der Waals surface area contributed by atoms with Crippen molar-refractivity contribution in [1.82, 2.24) is 0 Å². The highest BCUT2D eigenvalue weighted by Gasteiger charge is 2.62. The van der Waals surface area contributed by atoms with Crippen molar-refractivity contribution in [3.8, 4) is 5.75 Å². The molecule has 23 heavy (non-hydrogen) atoms. The van der Waals surface area contributed by atoms with E-state index in [-0.39, 0.29) is 6.10 Å². The molecule has 1 saturated heterocycles. The SMILES string of the molecule is CCOCCOCCOc1ccc(C2OC2(CC)C(=O)O)cc1. The number of aliphatic carboxylic acids is 1. The molecule has 2 rings (SSSR count). The second-order valence-electron chi connectivity index (χ2n) is 5.27. The minimum atomic E-state index is -1.06. The smallest absolute Gasteiger partial charge is 0.339 e. The molecular weight excluding hydrogens is 300 g/mol. The van der Waals surface area contributed by atoms with E-state index in [1.54, 1.807) is 0 Å². The Kier molecular flexibility index (Phi) is 6.38. The van der Waals surface area contributed by atoms with Crippen LogP contribution >= 0.6 is 0 Å². The molecule has 0 aromatic heterocycles. The zero-order valence-electron chi connectivity index (χ0n) is 13.6. The lowest BCUT2D eigenvalue weighted by Gasteiger charge is -2.08. The molecular formula is C17H24O6. The lowest BCUT2D eigenvalue weighted by molar-refractivity contribution is -0.143. The summed E-state index contributed by atoms with van der Waals surface area (Å²) in [5.74, 6) is -0.185. The number of hydrogen-bond donors (Lipinski definition) is 1. The Bertz CT molecular complexity index is 500. The van der Waals surface area contributed by atoms with Gasteiger partial charge in [0.15, 0.2) is 5.60 Å². The van der Waals surface area contributed by atoms with Gasteiger partial charge in [-0.2, -0.15) is 0 Å². The van der Waals surface area contributed by atoms with Gasteiger partial charge in [-0.3, -0.25) is 0 Å². The molecule has 1 heterocycles. The van der Waals surface area contributed by atoms with Crippen molar-refractivity contribution in [2.45, 2.75) is 32.0 Å². The van der Waals surface area contributed by atoms with E-state index in [0.29, 0.717) is 39.5 Å². The number of epoxide rings is 1. The minimum absolute atomic E-state index is 0.374. The first-order chi connectivity index (χ1) is 11.1. The van der Waals surface area contributed by atoms with Crippen LogP contribution in [0.3, 0.4) is 0 Å². The molecule has 1 aromatic carbocycles. The predicted molar refractivity (Wildman–Crippen MR) is 83.7 cm³/mol. The first kappa shape index (κ1) is 17.7.